The normalized spacial score (nSPS) is 19.4. The van der Waals surface area contributed by atoms with E-state index in [2.05, 4.69) is 0 Å². The number of benzene rings is 1. The maximum absolute atomic E-state index is 13.2. The Kier molecular flexibility index (Phi) is 2.17. The Bertz CT molecular complexity index is 376. The van der Waals surface area contributed by atoms with Gasteiger partial charge in [-0.15, -0.1) is 0 Å². The Labute approximate surface area is 79.5 Å². The van der Waals surface area contributed by atoms with Gasteiger partial charge < -0.3 is 4.74 Å². The molecule has 14 heavy (non-hydrogen) atoms. The van der Waals surface area contributed by atoms with Crippen LogP contribution in [0.1, 0.15) is 5.56 Å². The highest BCUT2D eigenvalue weighted by molar-refractivity contribution is 5.41. The molecule has 1 aromatic rings. The number of halogens is 1. The first-order valence-electron chi connectivity index (χ1n) is 4.22. The third-order valence-corrected chi connectivity index (χ3v) is 2.12. The summed E-state index contributed by atoms with van der Waals surface area (Å²) in [4.78, 5) is 10.0. The number of nitrogens with zero attached hydrogens (tertiary/aromatic N) is 1. The molecule has 4 nitrogen and oxygen atoms in total. The van der Waals surface area contributed by atoms with Gasteiger partial charge in [0.2, 0.25) is 0 Å². The number of ether oxygens (including phenoxy) is 1. The summed E-state index contributed by atoms with van der Waals surface area (Å²) in [5, 5.41) is 10.6. The van der Waals surface area contributed by atoms with Crippen LogP contribution < -0.4 is 0 Å². The molecule has 1 atom stereocenters. The van der Waals surface area contributed by atoms with Crippen molar-refractivity contribution in [2.75, 3.05) is 6.61 Å². The molecule has 1 fully saturated rings. The fraction of sp³-hybridized carbons (Fsp3) is 0.333. The molecule has 0 amide bonds. The van der Waals surface area contributed by atoms with Crippen LogP contribution in [0.5, 0.6) is 0 Å². The molecule has 74 valence electrons. The lowest BCUT2D eigenvalue weighted by Gasteiger charge is -2.01. The average Bonchev–Trinajstić information content (AvgIpc) is 2.91. The highest BCUT2D eigenvalue weighted by atomic mass is 19.1. The van der Waals surface area contributed by atoms with Crippen LogP contribution in [0.4, 0.5) is 10.1 Å². The highest BCUT2D eigenvalue weighted by Gasteiger charge is 2.28. The predicted molar refractivity (Wildman–Crippen MR) is 46.5 cm³/mol. The number of hydrogen-bond donors (Lipinski definition) is 0. The molecule has 0 bridgehead atoms. The summed E-state index contributed by atoms with van der Waals surface area (Å²) >= 11 is 0. The average molecular weight is 197 g/mol. The minimum atomic E-state index is -0.569. The second-order valence-corrected chi connectivity index (χ2v) is 3.15. The van der Waals surface area contributed by atoms with Gasteiger partial charge in [0.05, 0.1) is 23.2 Å². The Morgan fingerprint density at radius 1 is 1.64 bits per heavy atom. The number of nitro benzene ring substituents is 1. The summed E-state index contributed by atoms with van der Waals surface area (Å²) in [6.45, 7) is 0.561. The van der Waals surface area contributed by atoms with E-state index in [1.807, 2.05) is 0 Å². The SMILES string of the molecule is O=[N+]([O-])c1cccc(F)c1CC1CO1. The van der Waals surface area contributed by atoms with Crippen LogP contribution in [-0.4, -0.2) is 17.6 Å². The molecule has 1 aliphatic heterocycles. The second kappa shape index (κ2) is 3.34. The molecular formula is C9H8FNO3. The summed E-state index contributed by atoms with van der Waals surface area (Å²) in [6.07, 6.45) is 0.230. The van der Waals surface area contributed by atoms with E-state index in [0.29, 0.717) is 6.61 Å². The van der Waals surface area contributed by atoms with E-state index in [4.69, 9.17) is 4.74 Å². The van der Waals surface area contributed by atoms with Crippen molar-refractivity contribution in [3.05, 3.63) is 39.7 Å². The Balaban J connectivity index is 2.36. The van der Waals surface area contributed by atoms with Crippen molar-refractivity contribution >= 4 is 5.69 Å². The fourth-order valence-electron chi connectivity index (χ4n) is 1.33. The summed E-state index contributed by atoms with van der Waals surface area (Å²) < 4.78 is 18.2. The van der Waals surface area contributed by atoms with Gasteiger partial charge in [-0.1, -0.05) is 6.07 Å². The van der Waals surface area contributed by atoms with Crippen LogP contribution in [0.25, 0.3) is 0 Å². The standard InChI is InChI=1S/C9H8FNO3/c10-8-2-1-3-9(11(12)13)7(8)4-6-5-14-6/h1-3,6H,4-5H2. The van der Waals surface area contributed by atoms with Gasteiger partial charge >= 0.3 is 0 Å². The molecular weight excluding hydrogens is 189 g/mol. The monoisotopic (exact) mass is 197 g/mol. The molecule has 2 rings (SSSR count). The topological polar surface area (TPSA) is 55.7 Å². The van der Waals surface area contributed by atoms with Crippen molar-refractivity contribution in [1.82, 2.24) is 0 Å². The maximum atomic E-state index is 13.2. The number of epoxide rings is 1. The van der Waals surface area contributed by atoms with E-state index in [1.54, 1.807) is 0 Å². The van der Waals surface area contributed by atoms with Crippen molar-refractivity contribution in [3.8, 4) is 0 Å². The molecule has 0 N–H and O–H groups in total. The van der Waals surface area contributed by atoms with E-state index in [0.717, 1.165) is 0 Å². The van der Waals surface area contributed by atoms with Gasteiger partial charge in [-0.05, 0) is 6.07 Å². The fourth-order valence-corrected chi connectivity index (χ4v) is 1.33. The first kappa shape index (κ1) is 9.08. The lowest BCUT2D eigenvalue weighted by molar-refractivity contribution is -0.385. The second-order valence-electron chi connectivity index (χ2n) is 3.15. The Morgan fingerprint density at radius 2 is 2.36 bits per heavy atom. The zero-order valence-electron chi connectivity index (χ0n) is 7.27. The molecule has 0 radical (unpaired) electrons. The largest absolute Gasteiger partial charge is 0.373 e. The van der Waals surface area contributed by atoms with Gasteiger partial charge in [0.25, 0.3) is 5.69 Å². The van der Waals surface area contributed by atoms with Crippen LogP contribution >= 0.6 is 0 Å². The molecule has 1 heterocycles. The zero-order chi connectivity index (χ0) is 10.1. The quantitative estimate of drug-likeness (QED) is 0.420. The van der Waals surface area contributed by atoms with Gasteiger partial charge in [-0.25, -0.2) is 4.39 Å². The van der Waals surface area contributed by atoms with E-state index in [1.165, 1.54) is 18.2 Å². The number of rotatable bonds is 3. The van der Waals surface area contributed by atoms with Gasteiger partial charge in [-0.2, -0.15) is 0 Å². The van der Waals surface area contributed by atoms with Crippen LogP contribution in [0.3, 0.4) is 0 Å². The van der Waals surface area contributed by atoms with E-state index in [-0.39, 0.29) is 23.8 Å². The molecule has 1 unspecified atom stereocenters. The molecule has 0 spiro atoms. The highest BCUT2D eigenvalue weighted by Crippen LogP contribution is 2.26. The van der Waals surface area contributed by atoms with E-state index in [9.17, 15) is 14.5 Å². The van der Waals surface area contributed by atoms with Crippen molar-refractivity contribution in [3.63, 3.8) is 0 Å². The molecule has 0 aliphatic carbocycles. The molecule has 1 aromatic carbocycles. The number of nitro groups is 1. The van der Waals surface area contributed by atoms with Crippen molar-refractivity contribution in [2.45, 2.75) is 12.5 Å². The lowest BCUT2D eigenvalue weighted by atomic mass is 10.1. The Hall–Kier alpha value is -1.49. The van der Waals surface area contributed by atoms with Crippen LogP contribution in [0, 0.1) is 15.9 Å². The van der Waals surface area contributed by atoms with Gasteiger partial charge in [0.15, 0.2) is 0 Å². The van der Waals surface area contributed by atoms with Gasteiger partial charge in [-0.3, -0.25) is 10.1 Å². The van der Waals surface area contributed by atoms with Gasteiger partial charge in [0.1, 0.15) is 5.82 Å². The maximum Gasteiger partial charge on any atom is 0.275 e. The first-order chi connectivity index (χ1) is 6.68. The van der Waals surface area contributed by atoms with Crippen molar-refractivity contribution < 1.29 is 14.1 Å². The number of hydrogen-bond acceptors (Lipinski definition) is 3. The molecule has 0 aromatic heterocycles. The summed E-state index contributed by atoms with van der Waals surface area (Å²) in [5.41, 5.74) is -0.0273. The molecule has 1 saturated heterocycles. The van der Waals surface area contributed by atoms with Crippen molar-refractivity contribution in [2.24, 2.45) is 0 Å². The summed E-state index contributed by atoms with van der Waals surface area (Å²) in [7, 11) is 0. The summed E-state index contributed by atoms with van der Waals surface area (Å²) in [5.74, 6) is -0.533. The lowest BCUT2D eigenvalue weighted by Crippen LogP contribution is -2.02. The third-order valence-electron chi connectivity index (χ3n) is 2.12. The van der Waals surface area contributed by atoms with E-state index < -0.39 is 10.7 Å². The Morgan fingerprint density at radius 3 is 2.93 bits per heavy atom. The van der Waals surface area contributed by atoms with Crippen LogP contribution in [0.2, 0.25) is 0 Å². The molecule has 5 heteroatoms. The molecule has 1 aliphatic rings. The first-order valence-corrected chi connectivity index (χ1v) is 4.22. The van der Waals surface area contributed by atoms with E-state index >= 15 is 0 Å². The smallest absolute Gasteiger partial charge is 0.275 e. The van der Waals surface area contributed by atoms with Crippen molar-refractivity contribution in [1.29, 1.82) is 0 Å². The summed E-state index contributed by atoms with van der Waals surface area (Å²) in [6, 6.07) is 3.87. The zero-order valence-corrected chi connectivity index (χ0v) is 7.27. The van der Waals surface area contributed by atoms with Gasteiger partial charge in [0, 0.05) is 12.5 Å². The molecule has 0 saturated carbocycles. The predicted octanol–water partition coefficient (Wildman–Crippen LogP) is 1.68. The van der Waals surface area contributed by atoms with Crippen LogP contribution in [-0.2, 0) is 11.2 Å². The van der Waals surface area contributed by atoms with Crippen LogP contribution in [0.15, 0.2) is 18.2 Å². The third kappa shape index (κ3) is 1.72. The minimum Gasteiger partial charge on any atom is -0.373 e. The minimum absolute atomic E-state index is 0.0504.